The SMILES string of the molecule is O=C(O)C(O)C(O)C(=O)O.[Cu].[H-].[Na+]. The van der Waals surface area contributed by atoms with Crippen LogP contribution in [0.2, 0.25) is 0 Å². The molecule has 0 aromatic carbocycles. The van der Waals surface area contributed by atoms with Crippen LogP contribution in [0.1, 0.15) is 1.43 Å². The van der Waals surface area contributed by atoms with Gasteiger partial charge >= 0.3 is 41.5 Å². The van der Waals surface area contributed by atoms with Crippen LogP contribution in [0.25, 0.3) is 0 Å². The van der Waals surface area contributed by atoms with E-state index < -0.39 is 24.1 Å². The molecule has 0 aliphatic rings. The summed E-state index contributed by atoms with van der Waals surface area (Å²) < 4.78 is 0. The van der Waals surface area contributed by atoms with Gasteiger partial charge in [0.2, 0.25) is 0 Å². The standard InChI is InChI=1S/C4H6O6.Cu.Na.H/c5-1(3(7)8)2(6)4(9)10;;;/h1-2,5-6H,(H,7,8)(H,9,10);;;/q;;+1;-1. The molecule has 0 aromatic heterocycles. The van der Waals surface area contributed by atoms with E-state index in [1.54, 1.807) is 0 Å². The zero-order valence-corrected chi connectivity index (χ0v) is 9.00. The van der Waals surface area contributed by atoms with Gasteiger partial charge in [0.25, 0.3) is 0 Å². The topological polar surface area (TPSA) is 115 Å². The van der Waals surface area contributed by atoms with Crippen LogP contribution in [0.4, 0.5) is 0 Å². The molecule has 0 amide bonds. The van der Waals surface area contributed by atoms with Gasteiger partial charge in [0.1, 0.15) is 0 Å². The Morgan fingerprint density at radius 3 is 1.25 bits per heavy atom. The average Bonchev–Trinajstić information content (AvgIpc) is 1.84. The van der Waals surface area contributed by atoms with Gasteiger partial charge in [-0.05, 0) is 0 Å². The third-order valence-electron chi connectivity index (χ3n) is 0.805. The van der Waals surface area contributed by atoms with Gasteiger partial charge in [0.15, 0.2) is 12.2 Å². The van der Waals surface area contributed by atoms with Gasteiger partial charge in [0.05, 0.1) is 0 Å². The second kappa shape index (κ2) is 8.00. The third-order valence-corrected chi connectivity index (χ3v) is 0.805. The second-order valence-corrected chi connectivity index (χ2v) is 1.57. The van der Waals surface area contributed by atoms with Gasteiger partial charge in [-0.1, -0.05) is 0 Å². The minimum Gasteiger partial charge on any atom is -1.00 e. The zero-order chi connectivity index (χ0) is 8.31. The summed E-state index contributed by atoms with van der Waals surface area (Å²) in [6.45, 7) is 0. The Morgan fingerprint density at radius 2 is 1.17 bits per heavy atom. The van der Waals surface area contributed by atoms with Gasteiger partial charge in [-0.3, -0.25) is 0 Å². The molecule has 0 spiro atoms. The van der Waals surface area contributed by atoms with Crippen molar-refractivity contribution in [2.75, 3.05) is 0 Å². The van der Waals surface area contributed by atoms with Gasteiger partial charge in [0, 0.05) is 17.1 Å². The van der Waals surface area contributed by atoms with Crippen molar-refractivity contribution < 1.29 is 78.1 Å². The van der Waals surface area contributed by atoms with E-state index in [-0.39, 0.29) is 48.1 Å². The van der Waals surface area contributed by atoms with E-state index in [0.29, 0.717) is 0 Å². The Kier molecular flexibility index (Phi) is 12.1. The van der Waals surface area contributed by atoms with E-state index in [2.05, 4.69) is 0 Å². The van der Waals surface area contributed by atoms with Crippen molar-refractivity contribution >= 4 is 11.9 Å². The second-order valence-electron chi connectivity index (χ2n) is 1.57. The van der Waals surface area contributed by atoms with Crippen molar-refractivity contribution in [3.8, 4) is 0 Å². The van der Waals surface area contributed by atoms with Crippen LogP contribution in [0, 0.1) is 0 Å². The van der Waals surface area contributed by atoms with Gasteiger partial charge < -0.3 is 21.9 Å². The smallest absolute Gasteiger partial charge is 1.00 e. The fourth-order valence-electron chi connectivity index (χ4n) is 0.270. The minimum absolute atomic E-state index is 0. The van der Waals surface area contributed by atoms with Crippen LogP contribution in [0.3, 0.4) is 0 Å². The van der Waals surface area contributed by atoms with Crippen LogP contribution in [-0.2, 0) is 26.7 Å². The molecule has 12 heavy (non-hydrogen) atoms. The molecular weight excluding hydrogens is 231 g/mol. The molecule has 0 heterocycles. The van der Waals surface area contributed by atoms with Gasteiger partial charge in [-0.15, -0.1) is 0 Å². The quantitative estimate of drug-likeness (QED) is 0.366. The predicted octanol–water partition coefficient (Wildman–Crippen LogP) is -5.01. The maximum atomic E-state index is 9.77. The van der Waals surface area contributed by atoms with Crippen molar-refractivity contribution in [2.45, 2.75) is 12.2 Å². The number of carboxylic acid groups (broad SMARTS) is 2. The van der Waals surface area contributed by atoms with Crippen LogP contribution in [0.5, 0.6) is 0 Å². The van der Waals surface area contributed by atoms with Gasteiger partial charge in [-0.25, -0.2) is 9.59 Å². The maximum Gasteiger partial charge on any atom is 1.00 e. The summed E-state index contributed by atoms with van der Waals surface area (Å²) in [5, 5.41) is 32.5. The number of aliphatic hydroxyl groups is 2. The van der Waals surface area contributed by atoms with Crippen molar-refractivity contribution in [3.63, 3.8) is 0 Å². The molecule has 4 N–H and O–H groups in total. The van der Waals surface area contributed by atoms with E-state index >= 15 is 0 Å². The summed E-state index contributed by atoms with van der Waals surface area (Å²) in [6.07, 6.45) is -4.53. The molecular formula is C4H7CuNaO6. The molecule has 0 fully saturated rings. The van der Waals surface area contributed by atoms with Crippen LogP contribution < -0.4 is 29.6 Å². The Morgan fingerprint density at radius 1 is 1.00 bits per heavy atom. The summed E-state index contributed by atoms with van der Waals surface area (Å²) >= 11 is 0. The molecule has 0 saturated heterocycles. The Labute approximate surface area is 102 Å². The summed E-state index contributed by atoms with van der Waals surface area (Å²) in [6, 6.07) is 0. The van der Waals surface area contributed by atoms with E-state index in [1.165, 1.54) is 0 Å². The molecule has 0 saturated carbocycles. The van der Waals surface area contributed by atoms with Crippen LogP contribution in [-0.4, -0.2) is 44.6 Å². The van der Waals surface area contributed by atoms with Crippen molar-refractivity contribution in [3.05, 3.63) is 0 Å². The number of aliphatic carboxylic acids is 2. The summed E-state index contributed by atoms with van der Waals surface area (Å²) in [4.78, 5) is 19.5. The molecule has 6 nitrogen and oxygen atoms in total. The van der Waals surface area contributed by atoms with E-state index in [0.717, 1.165) is 0 Å². The number of rotatable bonds is 3. The summed E-state index contributed by atoms with van der Waals surface area (Å²) in [5.41, 5.74) is 0. The van der Waals surface area contributed by atoms with E-state index in [1.807, 2.05) is 0 Å². The van der Waals surface area contributed by atoms with Crippen molar-refractivity contribution in [1.29, 1.82) is 0 Å². The monoisotopic (exact) mass is 237 g/mol. The number of carboxylic acids is 2. The zero-order valence-electron chi connectivity index (χ0n) is 7.06. The Hall–Kier alpha value is 0.379. The van der Waals surface area contributed by atoms with Gasteiger partial charge in [-0.2, -0.15) is 0 Å². The third kappa shape index (κ3) is 5.96. The Balaban J connectivity index is -0.000000135. The normalized spacial score (nSPS) is 13.2. The summed E-state index contributed by atoms with van der Waals surface area (Å²) in [5.74, 6) is -3.54. The van der Waals surface area contributed by atoms with Crippen molar-refractivity contribution in [1.82, 2.24) is 0 Å². The number of aliphatic hydroxyl groups excluding tert-OH is 2. The minimum atomic E-state index is -2.27. The molecule has 0 rings (SSSR count). The maximum absolute atomic E-state index is 9.77. The Bertz CT molecular complexity index is 149. The number of hydrogen-bond donors (Lipinski definition) is 4. The summed E-state index contributed by atoms with van der Waals surface area (Å²) in [7, 11) is 0. The van der Waals surface area contributed by atoms with Crippen molar-refractivity contribution in [2.24, 2.45) is 0 Å². The molecule has 8 heteroatoms. The predicted molar refractivity (Wildman–Crippen MR) is 28.4 cm³/mol. The molecule has 2 unspecified atom stereocenters. The molecule has 0 aromatic rings. The van der Waals surface area contributed by atoms with E-state index in [4.69, 9.17) is 20.4 Å². The fraction of sp³-hybridized carbons (Fsp3) is 0.500. The molecule has 0 bridgehead atoms. The first-order valence-electron chi connectivity index (χ1n) is 2.28. The molecule has 0 aliphatic carbocycles. The first-order valence-corrected chi connectivity index (χ1v) is 2.28. The molecule has 1 radical (unpaired) electrons. The fourth-order valence-corrected chi connectivity index (χ4v) is 0.270. The molecule has 0 aliphatic heterocycles. The van der Waals surface area contributed by atoms with Crippen LogP contribution >= 0.6 is 0 Å². The van der Waals surface area contributed by atoms with E-state index in [9.17, 15) is 9.59 Å². The number of carbonyl (C=O) groups is 2. The first kappa shape index (κ1) is 18.2. The first-order chi connectivity index (χ1) is 4.46. The number of hydrogen-bond acceptors (Lipinski definition) is 4. The largest absolute Gasteiger partial charge is 1.00 e. The van der Waals surface area contributed by atoms with Crippen LogP contribution in [0.15, 0.2) is 0 Å². The molecule has 71 valence electrons. The molecule has 2 atom stereocenters. The average molecular weight is 238 g/mol.